The Morgan fingerprint density at radius 1 is 1.04 bits per heavy atom. The number of ether oxygens (including phenoxy) is 5. The van der Waals surface area contributed by atoms with E-state index in [-0.39, 0.29) is 13.0 Å². The standard InChI is InChI=1S/C33H40NO11P/c1-23(32(34)33(36)37)43-22-46(38,39)45-29-15-8-18-40-30(29)21-42-31(35)17-16-25-10-5-6-14-28(25)41-20-24-9-7-13-27(19-24)44-26-11-3-2-4-12-26/h2-7,9-14,19,23,29-30,32H,8,15-18,20-22,34H2,1H3,(H,36,37)(H,38,39)/t23-,29+,30+,32-/m0/s1. The quantitative estimate of drug-likeness (QED) is 0.130. The van der Waals surface area contributed by atoms with Crippen LogP contribution in [0.3, 0.4) is 0 Å². The molecule has 0 saturated carbocycles. The summed E-state index contributed by atoms with van der Waals surface area (Å²) in [6.07, 6.45) is -1.90. The third kappa shape index (κ3) is 11.2. The number of aryl methyl sites for hydroxylation is 1. The number of aliphatic carboxylic acids is 1. The molecule has 0 radical (unpaired) electrons. The number of hydrogen-bond donors (Lipinski definition) is 3. The average molecular weight is 658 g/mol. The molecule has 0 amide bonds. The summed E-state index contributed by atoms with van der Waals surface area (Å²) in [5.41, 5.74) is 7.24. The fourth-order valence-electron chi connectivity index (χ4n) is 4.67. The second kappa shape index (κ2) is 17.2. The van der Waals surface area contributed by atoms with Crippen LogP contribution in [-0.4, -0.2) is 65.9 Å². The van der Waals surface area contributed by atoms with Gasteiger partial charge in [0.25, 0.3) is 0 Å². The molecule has 0 aliphatic carbocycles. The van der Waals surface area contributed by atoms with Crippen molar-refractivity contribution in [1.82, 2.24) is 0 Å². The first-order chi connectivity index (χ1) is 22.1. The van der Waals surface area contributed by atoms with Gasteiger partial charge in [-0.05, 0) is 67.6 Å². The maximum atomic E-state index is 12.7. The van der Waals surface area contributed by atoms with Crippen LogP contribution in [0, 0.1) is 0 Å². The molecule has 248 valence electrons. The smallest absolute Gasteiger partial charge is 0.353 e. The number of carboxylic acid groups (broad SMARTS) is 1. The number of carbonyl (C=O) groups excluding carboxylic acids is 1. The average Bonchev–Trinajstić information content (AvgIpc) is 3.05. The summed E-state index contributed by atoms with van der Waals surface area (Å²) >= 11 is 0. The molecule has 1 heterocycles. The Morgan fingerprint density at radius 3 is 2.57 bits per heavy atom. The number of carbonyl (C=O) groups is 2. The molecule has 1 saturated heterocycles. The van der Waals surface area contributed by atoms with E-state index in [4.69, 9.17) is 39.0 Å². The lowest BCUT2D eigenvalue weighted by atomic mass is 10.1. The van der Waals surface area contributed by atoms with Crippen molar-refractivity contribution in [3.63, 3.8) is 0 Å². The number of carboxylic acids is 1. The second-order valence-electron chi connectivity index (χ2n) is 10.8. The molecule has 46 heavy (non-hydrogen) atoms. The van der Waals surface area contributed by atoms with Crippen molar-refractivity contribution in [1.29, 1.82) is 0 Å². The Balaban J connectivity index is 1.24. The highest BCUT2D eigenvalue weighted by atomic mass is 31.2. The molecule has 0 aromatic heterocycles. The summed E-state index contributed by atoms with van der Waals surface area (Å²) in [5.74, 6) is 0.316. The highest BCUT2D eigenvalue weighted by molar-refractivity contribution is 7.52. The molecule has 0 bridgehead atoms. The Bertz CT molecular complexity index is 1470. The van der Waals surface area contributed by atoms with Crippen molar-refractivity contribution in [2.24, 2.45) is 5.73 Å². The van der Waals surface area contributed by atoms with Gasteiger partial charge in [0, 0.05) is 13.0 Å². The van der Waals surface area contributed by atoms with Gasteiger partial charge in [0.05, 0.1) is 12.2 Å². The lowest BCUT2D eigenvalue weighted by Crippen LogP contribution is -2.42. The van der Waals surface area contributed by atoms with Crippen molar-refractivity contribution in [2.45, 2.75) is 63.6 Å². The van der Waals surface area contributed by atoms with E-state index in [1.807, 2.05) is 78.9 Å². The number of rotatable bonds is 17. The van der Waals surface area contributed by atoms with Crippen LogP contribution in [0.15, 0.2) is 78.9 Å². The van der Waals surface area contributed by atoms with Gasteiger partial charge < -0.3 is 43.9 Å². The molecular formula is C33H40NO11P. The van der Waals surface area contributed by atoms with Gasteiger partial charge in [-0.25, -0.2) is 0 Å². The fraction of sp³-hybridized carbons (Fsp3) is 0.394. The van der Waals surface area contributed by atoms with Crippen LogP contribution in [0.1, 0.15) is 37.3 Å². The SMILES string of the molecule is C[C@H](OCP(=O)(O)O[C@@H]1CCCO[C@@H]1COC(=O)CCc1ccccc1OCc1cccc(Oc2ccccc2)c1)[C@H](N)C(=O)O. The van der Waals surface area contributed by atoms with Gasteiger partial charge in [-0.1, -0.05) is 48.5 Å². The lowest BCUT2D eigenvalue weighted by Gasteiger charge is -2.32. The predicted octanol–water partition coefficient (Wildman–Crippen LogP) is 5.06. The van der Waals surface area contributed by atoms with Crippen LogP contribution in [0.5, 0.6) is 17.2 Å². The zero-order valence-electron chi connectivity index (χ0n) is 25.6. The van der Waals surface area contributed by atoms with Crippen LogP contribution < -0.4 is 15.2 Å². The minimum Gasteiger partial charge on any atom is -0.489 e. The normalized spacial score (nSPS) is 18.9. The van der Waals surface area contributed by atoms with Crippen LogP contribution in [0.4, 0.5) is 0 Å². The summed E-state index contributed by atoms with van der Waals surface area (Å²) in [6.45, 7) is 1.91. The highest BCUT2D eigenvalue weighted by Gasteiger charge is 2.35. The second-order valence-corrected chi connectivity index (χ2v) is 12.6. The topological polar surface area (TPSA) is 173 Å². The van der Waals surface area contributed by atoms with Gasteiger partial charge in [0.15, 0.2) is 0 Å². The molecule has 3 aromatic carbocycles. The van der Waals surface area contributed by atoms with Crippen LogP contribution in [0.2, 0.25) is 0 Å². The molecular weight excluding hydrogens is 617 g/mol. The zero-order chi connectivity index (χ0) is 32.9. The van der Waals surface area contributed by atoms with E-state index in [9.17, 15) is 19.0 Å². The van der Waals surface area contributed by atoms with E-state index in [2.05, 4.69) is 0 Å². The van der Waals surface area contributed by atoms with Crippen molar-refractivity contribution < 1.29 is 52.4 Å². The Labute approximate surface area is 267 Å². The van der Waals surface area contributed by atoms with Crippen LogP contribution in [-0.2, 0) is 45.9 Å². The summed E-state index contributed by atoms with van der Waals surface area (Å²) in [6, 6.07) is 23.2. The van der Waals surface area contributed by atoms with Gasteiger partial charge in [-0.3, -0.25) is 14.2 Å². The molecule has 1 aliphatic heterocycles. The zero-order valence-corrected chi connectivity index (χ0v) is 26.5. The third-order valence-electron chi connectivity index (χ3n) is 7.22. The molecule has 4 N–H and O–H groups in total. The number of hydrogen-bond acceptors (Lipinski definition) is 10. The molecule has 12 nitrogen and oxygen atoms in total. The van der Waals surface area contributed by atoms with E-state index in [1.54, 1.807) is 0 Å². The number of benzene rings is 3. The van der Waals surface area contributed by atoms with E-state index >= 15 is 0 Å². The number of para-hydroxylation sites is 2. The van der Waals surface area contributed by atoms with Crippen LogP contribution in [0.25, 0.3) is 0 Å². The molecule has 13 heteroatoms. The Kier molecular flexibility index (Phi) is 13.1. The van der Waals surface area contributed by atoms with Crippen molar-refractivity contribution in [3.05, 3.63) is 90.0 Å². The van der Waals surface area contributed by atoms with Crippen molar-refractivity contribution in [3.8, 4) is 17.2 Å². The van der Waals surface area contributed by atoms with Crippen molar-refractivity contribution in [2.75, 3.05) is 19.6 Å². The Hall–Kier alpha value is -3.77. The van der Waals surface area contributed by atoms with Gasteiger partial charge in [0.2, 0.25) is 0 Å². The Morgan fingerprint density at radius 2 is 1.78 bits per heavy atom. The molecule has 0 spiro atoms. The predicted molar refractivity (Wildman–Crippen MR) is 168 cm³/mol. The maximum absolute atomic E-state index is 12.7. The molecule has 4 rings (SSSR count). The maximum Gasteiger partial charge on any atom is 0.353 e. The monoisotopic (exact) mass is 657 g/mol. The highest BCUT2D eigenvalue weighted by Crippen LogP contribution is 2.45. The largest absolute Gasteiger partial charge is 0.489 e. The van der Waals surface area contributed by atoms with E-state index < -0.39 is 50.2 Å². The first-order valence-electron chi connectivity index (χ1n) is 15.0. The minimum atomic E-state index is -4.29. The van der Waals surface area contributed by atoms with Gasteiger partial charge in [0.1, 0.15) is 49.0 Å². The summed E-state index contributed by atoms with van der Waals surface area (Å²) in [4.78, 5) is 34.0. The van der Waals surface area contributed by atoms with Gasteiger partial charge >= 0.3 is 19.5 Å². The first kappa shape index (κ1) is 35.1. The molecule has 1 fully saturated rings. The molecule has 1 unspecified atom stereocenters. The minimum absolute atomic E-state index is 0.0765. The third-order valence-corrected chi connectivity index (χ3v) is 8.30. The number of esters is 1. The van der Waals surface area contributed by atoms with Crippen molar-refractivity contribution >= 4 is 19.5 Å². The summed E-state index contributed by atoms with van der Waals surface area (Å²) in [7, 11) is -4.29. The molecule has 3 aromatic rings. The van der Waals surface area contributed by atoms with E-state index in [1.165, 1.54) is 6.92 Å². The van der Waals surface area contributed by atoms with E-state index in [0.29, 0.717) is 44.0 Å². The van der Waals surface area contributed by atoms with Gasteiger partial charge in [-0.15, -0.1) is 0 Å². The molecule has 1 aliphatic rings. The first-order valence-corrected chi connectivity index (χ1v) is 16.8. The lowest BCUT2D eigenvalue weighted by molar-refractivity contribution is -0.154. The summed E-state index contributed by atoms with van der Waals surface area (Å²) in [5, 5.41) is 8.98. The van der Waals surface area contributed by atoms with Crippen LogP contribution >= 0.6 is 7.60 Å². The van der Waals surface area contributed by atoms with E-state index in [0.717, 1.165) is 16.9 Å². The van der Waals surface area contributed by atoms with Gasteiger partial charge in [-0.2, -0.15) is 0 Å². The number of nitrogens with two attached hydrogens (primary N) is 1. The fourth-order valence-corrected chi connectivity index (χ4v) is 5.81. The molecule has 5 atom stereocenters. The summed E-state index contributed by atoms with van der Waals surface area (Å²) < 4.78 is 46.4.